The van der Waals surface area contributed by atoms with Gasteiger partial charge in [-0.2, -0.15) is 0 Å². The van der Waals surface area contributed by atoms with Crippen LogP contribution in [0.25, 0.3) is 0 Å². The van der Waals surface area contributed by atoms with Gasteiger partial charge >= 0.3 is 7.12 Å². The molecule has 76 valence electrons. The molecule has 0 atom stereocenters. The summed E-state index contributed by atoms with van der Waals surface area (Å²) in [7, 11) is -1.36. The average molecular weight is 192 g/mol. The number of rotatable bonds is 4. The molecule has 0 aliphatic heterocycles. The summed E-state index contributed by atoms with van der Waals surface area (Å²) >= 11 is 0. The second-order valence-electron chi connectivity index (χ2n) is 3.56. The minimum absolute atomic E-state index is 0.522. The Labute approximate surface area is 85.7 Å². The Bertz CT molecular complexity index is 282. The van der Waals surface area contributed by atoms with Crippen molar-refractivity contribution in [3.8, 4) is 0 Å². The Morgan fingerprint density at radius 3 is 2.36 bits per heavy atom. The molecule has 2 N–H and O–H groups in total. The summed E-state index contributed by atoms with van der Waals surface area (Å²) in [4.78, 5) is 0. The standard InChI is InChI=1S/C11H17BO2/c1-3-9(4-2)10-6-5-7-11(8-10)12(13)14/h5-9,13-14H,3-4H2,1-2H3. The lowest BCUT2D eigenvalue weighted by molar-refractivity contribution is 0.425. The summed E-state index contributed by atoms with van der Waals surface area (Å²) in [5.41, 5.74) is 1.77. The van der Waals surface area contributed by atoms with Gasteiger partial charge in [-0.1, -0.05) is 38.1 Å². The van der Waals surface area contributed by atoms with Crippen LogP contribution < -0.4 is 5.46 Å². The second kappa shape index (κ2) is 5.18. The average Bonchev–Trinajstić information content (AvgIpc) is 2.20. The van der Waals surface area contributed by atoms with E-state index >= 15 is 0 Å². The van der Waals surface area contributed by atoms with Crippen molar-refractivity contribution >= 4 is 12.6 Å². The van der Waals surface area contributed by atoms with Crippen LogP contribution in [0.15, 0.2) is 24.3 Å². The topological polar surface area (TPSA) is 40.5 Å². The normalized spacial score (nSPS) is 10.6. The van der Waals surface area contributed by atoms with Gasteiger partial charge in [0.1, 0.15) is 0 Å². The van der Waals surface area contributed by atoms with Crippen LogP contribution in [0.2, 0.25) is 0 Å². The largest absolute Gasteiger partial charge is 0.488 e. The molecule has 1 aromatic rings. The van der Waals surface area contributed by atoms with E-state index in [1.54, 1.807) is 6.07 Å². The van der Waals surface area contributed by atoms with Crippen LogP contribution in [0.4, 0.5) is 0 Å². The van der Waals surface area contributed by atoms with Gasteiger partial charge in [-0.05, 0) is 29.8 Å². The van der Waals surface area contributed by atoms with E-state index in [1.807, 2.05) is 18.2 Å². The van der Waals surface area contributed by atoms with Crippen molar-refractivity contribution in [3.05, 3.63) is 29.8 Å². The Hall–Kier alpha value is -0.795. The first kappa shape index (κ1) is 11.3. The Kier molecular flexibility index (Phi) is 4.17. The first-order chi connectivity index (χ1) is 6.69. The van der Waals surface area contributed by atoms with Crippen LogP contribution in [0.5, 0.6) is 0 Å². The van der Waals surface area contributed by atoms with Crippen LogP contribution in [-0.4, -0.2) is 17.2 Å². The molecule has 0 aromatic heterocycles. The maximum absolute atomic E-state index is 9.03. The lowest BCUT2D eigenvalue weighted by atomic mass is 9.78. The van der Waals surface area contributed by atoms with Crippen molar-refractivity contribution < 1.29 is 10.0 Å². The summed E-state index contributed by atoms with van der Waals surface area (Å²) < 4.78 is 0. The van der Waals surface area contributed by atoms with E-state index in [0.717, 1.165) is 12.8 Å². The fourth-order valence-electron chi connectivity index (χ4n) is 1.73. The third kappa shape index (κ3) is 2.60. The molecular weight excluding hydrogens is 175 g/mol. The van der Waals surface area contributed by atoms with Crippen molar-refractivity contribution in [1.82, 2.24) is 0 Å². The fraction of sp³-hybridized carbons (Fsp3) is 0.455. The Morgan fingerprint density at radius 1 is 1.21 bits per heavy atom. The van der Waals surface area contributed by atoms with Gasteiger partial charge in [0.15, 0.2) is 0 Å². The van der Waals surface area contributed by atoms with Gasteiger partial charge in [0.25, 0.3) is 0 Å². The summed E-state index contributed by atoms with van der Waals surface area (Å²) in [6, 6.07) is 7.53. The quantitative estimate of drug-likeness (QED) is 0.705. The van der Waals surface area contributed by atoms with Gasteiger partial charge in [-0.3, -0.25) is 0 Å². The predicted molar refractivity (Wildman–Crippen MR) is 59.6 cm³/mol. The number of benzene rings is 1. The van der Waals surface area contributed by atoms with E-state index < -0.39 is 7.12 Å². The molecule has 0 unspecified atom stereocenters. The zero-order valence-corrected chi connectivity index (χ0v) is 8.77. The summed E-state index contributed by atoms with van der Waals surface area (Å²) in [6.07, 6.45) is 2.17. The second-order valence-corrected chi connectivity index (χ2v) is 3.56. The van der Waals surface area contributed by atoms with Crippen molar-refractivity contribution in [1.29, 1.82) is 0 Å². The fourth-order valence-corrected chi connectivity index (χ4v) is 1.73. The summed E-state index contributed by atoms with van der Waals surface area (Å²) in [6.45, 7) is 4.30. The van der Waals surface area contributed by atoms with Gasteiger partial charge in [-0.15, -0.1) is 0 Å². The molecule has 1 rings (SSSR count). The van der Waals surface area contributed by atoms with Crippen LogP contribution in [0.1, 0.15) is 38.2 Å². The molecule has 0 fully saturated rings. The highest BCUT2D eigenvalue weighted by atomic mass is 16.4. The zero-order chi connectivity index (χ0) is 10.6. The van der Waals surface area contributed by atoms with Gasteiger partial charge in [-0.25, -0.2) is 0 Å². The minimum atomic E-state index is -1.36. The minimum Gasteiger partial charge on any atom is -0.423 e. The molecule has 1 aromatic carbocycles. The lowest BCUT2D eigenvalue weighted by Crippen LogP contribution is -2.30. The summed E-state index contributed by atoms with van der Waals surface area (Å²) in [5, 5.41) is 18.1. The highest BCUT2D eigenvalue weighted by molar-refractivity contribution is 6.58. The molecule has 3 heteroatoms. The molecule has 0 heterocycles. The van der Waals surface area contributed by atoms with Crippen LogP contribution in [0, 0.1) is 0 Å². The highest BCUT2D eigenvalue weighted by Crippen LogP contribution is 2.21. The van der Waals surface area contributed by atoms with Gasteiger partial charge < -0.3 is 10.0 Å². The molecule has 0 spiro atoms. The first-order valence-electron chi connectivity index (χ1n) is 5.15. The Balaban J connectivity index is 2.92. The van der Waals surface area contributed by atoms with E-state index in [4.69, 9.17) is 10.0 Å². The smallest absolute Gasteiger partial charge is 0.423 e. The Morgan fingerprint density at radius 2 is 1.86 bits per heavy atom. The molecule has 2 nitrogen and oxygen atoms in total. The van der Waals surface area contributed by atoms with Crippen molar-refractivity contribution in [2.24, 2.45) is 0 Å². The van der Waals surface area contributed by atoms with Crippen LogP contribution in [0.3, 0.4) is 0 Å². The number of hydrogen-bond donors (Lipinski definition) is 2. The van der Waals surface area contributed by atoms with Crippen LogP contribution in [-0.2, 0) is 0 Å². The number of hydrogen-bond acceptors (Lipinski definition) is 2. The maximum atomic E-state index is 9.03. The molecule has 0 saturated carbocycles. The monoisotopic (exact) mass is 192 g/mol. The molecule has 0 saturated heterocycles. The van der Waals surface area contributed by atoms with E-state index in [9.17, 15) is 0 Å². The first-order valence-corrected chi connectivity index (χ1v) is 5.15. The van der Waals surface area contributed by atoms with E-state index in [2.05, 4.69) is 13.8 Å². The van der Waals surface area contributed by atoms with Crippen molar-refractivity contribution in [2.45, 2.75) is 32.6 Å². The maximum Gasteiger partial charge on any atom is 0.488 e. The SMILES string of the molecule is CCC(CC)c1cccc(B(O)O)c1. The third-order valence-electron chi connectivity index (χ3n) is 2.67. The molecule has 0 bridgehead atoms. The van der Waals surface area contributed by atoms with Gasteiger partial charge in [0.2, 0.25) is 0 Å². The van der Waals surface area contributed by atoms with Gasteiger partial charge in [0.05, 0.1) is 0 Å². The van der Waals surface area contributed by atoms with Gasteiger partial charge in [0, 0.05) is 0 Å². The van der Waals surface area contributed by atoms with E-state index in [-0.39, 0.29) is 0 Å². The molecule has 14 heavy (non-hydrogen) atoms. The predicted octanol–water partition coefficient (Wildman–Crippen LogP) is 1.27. The van der Waals surface area contributed by atoms with Crippen molar-refractivity contribution in [3.63, 3.8) is 0 Å². The van der Waals surface area contributed by atoms with E-state index in [0.29, 0.717) is 11.4 Å². The molecule has 0 amide bonds. The molecular formula is C11H17BO2. The van der Waals surface area contributed by atoms with Crippen LogP contribution >= 0.6 is 0 Å². The molecule has 0 aliphatic rings. The zero-order valence-electron chi connectivity index (χ0n) is 8.77. The summed E-state index contributed by atoms with van der Waals surface area (Å²) in [5.74, 6) is 0.522. The highest BCUT2D eigenvalue weighted by Gasteiger charge is 2.13. The lowest BCUT2D eigenvalue weighted by Gasteiger charge is -2.13. The van der Waals surface area contributed by atoms with Crippen molar-refractivity contribution in [2.75, 3.05) is 0 Å². The molecule has 0 radical (unpaired) electrons. The molecule has 0 aliphatic carbocycles. The van der Waals surface area contributed by atoms with E-state index in [1.165, 1.54) is 5.56 Å². The third-order valence-corrected chi connectivity index (χ3v) is 2.67.